The number of nitrogens with zero attached hydrogens (tertiary/aromatic N) is 2. The van der Waals surface area contributed by atoms with Crippen LogP contribution in [0.2, 0.25) is 5.02 Å². The topological polar surface area (TPSA) is 32.5 Å². The molecule has 1 atom stereocenters. The summed E-state index contributed by atoms with van der Waals surface area (Å²) in [7, 11) is 4.28. The molecule has 0 spiro atoms. The minimum absolute atomic E-state index is 0.136. The van der Waals surface area contributed by atoms with E-state index >= 15 is 0 Å². The molecule has 4 heteroatoms. The molecule has 2 aromatic rings. The smallest absolute Gasteiger partial charge is 0.0451 e. The van der Waals surface area contributed by atoms with Gasteiger partial charge in [-0.15, -0.1) is 0 Å². The first-order valence-electron chi connectivity index (χ1n) is 9.60. The summed E-state index contributed by atoms with van der Waals surface area (Å²) in [5.74, 6) is 0. The Morgan fingerprint density at radius 2 is 1.63 bits per heavy atom. The molecule has 0 radical (unpaired) electrons. The van der Waals surface area contributed by atoms with Crippen LogP contribution < -0.4 is 5.73 Å². The Hall–Kier alpha value is -1.39. The van der Waals surface area contributed by atoms with Crippen LogP contribution >= 0.6 is 11.6 Å². The van der Waals surface area contributed by atoms with Crippen molar-refractivity contribution in [2.75, 3.05) is 20.6 Å². The minimum Gasteiger partial charge on any atom is -0.326 e. The third-order valence-corrected chi connectivity index (χ3v) is 5.29. The van der Waals surface area contributed by atoms with Crippen molar-refractivity contribution >= 4 is 11.6 Å². The summed E-state index contributed by atoms with van der Waals surface area (Å²) in [5, 5.41) is 0.829. The summed E-state index contributed by atoms with van der Waals surface area (Å²) in [4.78, 5) is 4.82. The second-order valence-electron chi connectivity index (χ2n) is 8.66. The van der Waals surface area contributed by atoms with Gasteiger partial charge >= 0.3 is 0 Å². The summed E-state index contributed by atoms with van der Waals surface area (Å²) in [6.07, 6.45) is 0. The van der Waals surface area contributed by atoms with Crippen LogP contribution in [0.25, 0.3) is 0 Å². The highest BCUT2D eigenvalue weighted by Gasteiger charge is 2.31. The van der Waals surface area contributed by atoms with E-state index in [1.54, 1.807) is 0 Å². The Balaban J connectivity index is 2.37. The molecule has 148 valence electrons. The van der Waals surface area contributed by atoms with Gasteiger partial charge in [0.2, 0.25) is 0 Å². The quantitative estimate of drug-likeness (QED) is 0.707. The van der Waals surface area contributed by atoms with Crippen LogP contribution in [0, 0.1) is 5.41 Å². The molecule has 2 N–H and O–H groups in total. The van der Waals surface area contributed by atoms with E-state index in [1.165, 1.54) is 16.7 Å². The maximum Gasteiger partial charge on any atom is 0.0451 e. The van der Waals surface area contributed by atoms with Gasteiger partial charge in [0.1, 0.15) is 0 Å². The number of rotatable bonds is 8. The first kappa shape index (κ1) is 21.9. The fraction of sp³-hybridized carbons (Fsp3) is 0.478. The largest absolute Gasteiger partial charge is 0.326 e. The number of benzene rings is 2. The zero-order valence-electron chi connectivity index (χ0n) is 17.4. The lowest BCUT2D eigenvalue weighted by molar-refractivity contribution is 0.0626. The summed E-state index contributed by atoms with van der Waals surface area (Å²) in [6.45, 7) is 10.2. The van der Waals surface area contributed by atoms with Gasteiger partial charge in [0.15, 0.2) is 0 Å². The van der Waals surface area contributed by atoms with Crippen LogP contribution in [0.15, 0.2) is 48.5 Å². The lowest BCUT2D eigenvalue weighted by Crippen LogP contribution is -2.49. The zero-order chi connectivity index (χ0) is 20.0. The van der Waals surface area contributed by atoms with Crippen LogP contribution in [-0.4, -0.2) is 36.5 Å². The third kappa shape index (κ3) is 6.62. The van der Waals surface area contributed by atoms with Gasteiger partial charge in [-0.05, 0) is 42.3 Å². The lowest BCUT2D eigenvalue weighted by Gasteiger charge is -2.42. The monoisotopic (exact) mass is 387 g/mol. The van der Waals surface area contributed by atoms with Crippen molar-refractivity contribution in [1.82, 2.24) is 9.80 Å². The van der Waals surface area contributed by atoms with Gasteiger partial charge in [-0.2, -0.15) is 0 Å². The van der Waals surface area contributed by atoms with Crippen LogP contribution in [-0.2, 0) is 19.6 Å². The van der Waals surface area contributed by atoms with E-state index in [2.05, 4.69) is 81.1 Å². The molecule has 0 unspecified atom stereocenters. The highest BCUT2D eigenvalue weighted by molar-refractivity contribution is 6.31. The summed E-state index contributed by atoms with van der Waals surface area (Å²) >= 11 is 6.49. The van der Waals surface area contributed by atoms with Crippen molar-refractivity contribution in [2.45, 2.75) is 46.4 Å². The van der Waals surface area contributed by atoms with Crippen LogP contribution in [0.3, 0.4) is 0 Å². The maximum absolute atomic E-state index is 6.49. The molecule has 0 heterocycles. The average Bonchev–Trinajstić information content (AvgIpc) is 2.60. The molecule has 27 heavy (non-hydrogen) atoms. The van der Waals surface area contributed by atoms with Gasteiger partial charge < -0.3 is 10.6 Å². The van der Waals surface area contributed by atoms with Crippen molar-refractivity contribution < 1.29 is 0 Å². The van der Waals surface area contributed by atoms with Gasteiger partial charge in [-0.25, -0.2) is 0 Å². The van der Waals surface area contributed by atoms with Crippen LogP contribution in [0.5, 0.6) is 0 Å². The molecular weight excluding hydrogens is 354 g/mol. The van der Waals surface area contributed by atoms with E-state index in [1.807, 2.05) is 12.1 Å². The first-order valence-corrected chi connectivity index (χ1v) is 9.98. The molecule has 2 aromatic carbocycles. The van der Waals surface area contributed by atoms with E-state index in [0.29, 0.717) is 12.6 Å². The van der Waals surface area contributed by atoms with E-state index in [-0.39, 0.29) is 5.41 Å². The Morgan fingerprint density at radius 3 is 2.22 bits per heavy atom. The van der Waals surface area contributed by atoms with Crippen LogP contribution in [0.1, 0.15) is 37.5 Å². The van der Waals surface area contributed by atoms with E-state index in [9.17, 15) is 0 Å². The SMILES string of the molecule is CN(C)C[C@@H](N(Cc1cccc(CN)c1)Cc1ccccc1Cl)C(C)(C)C. The van der Waals surface area contributed by atoms with Crippen molar-refractivity contribution in [3.05, 3.63) is 70.2 Å². The van der Waals surface area contributed by atoms with Crippen LogP contribution in [0.4, 0.5) is 0 Å². The van der Waals surface area contributed by atoms with E-state index < -0.39 is 0 Å². The average molecular weight is 388 g/mol. The number of halogens is 1. The summed E-state index contributed by atoms with van der Waals surface area (Å²) in [5.41, 5.74) is 9.62. The van der Waals surface area contributed by atoms with Gasteiger partial charge in [-0.3, -0.25) is 4.90 Å². The predicted molar refractivity (Wildman–Crippen MR) is 117 cm³/mol. The molecule has 0 aliphatic heterocycles. The van der Waals surface area contributed by atoms with Gasteiger partial charge in [0.05, 0.1) is 0 Å². The summed E-state index contributed by atoms with van der Waals surface area (Å²) < 4.78 is 0. The van der Waals surface area contributed by atoms with Gasteiger partial charge in [0, 0.05) is 37.2 Å². The molecule has 0 fully saturated rings. The fourth-order valence-electron chi connectivity index (χ4n) is 3.49. The van der Waals surface area contributed by atoms with Crippen molar-refractivity contribution in [3.8, 4) is 0 Å². The highest BCUT2D eigenvalue weighted by Crippen LogP contribution is 2.29. The normalized spacial score (nSPS) is 13.4. The van der Waals surface area contributed by atoms with Gasteiger partial charge in [0.25, 0.3) is 0 Å². The molecule has 0 saturated heterocycles. The zero-order valence-corrected chi connectivity index (χ0v) is 18.1. The van der Waals surface area contributed by atoms with Crippen molar-refractivity contribution in [2.24, 2.45) is 11.1 Å². The van der Waals surface area contributed by atoms with Crippen molar-refractivity contribution in [1.29, 1.82) is 0 Å². The molecule has 0 aliphatic rings. The predicted octanol–water partition coefficient (Wildman–Crippen LogP) is 4.78. The Kier molecular flexibility index (Phi) is 7.87. The molecular formula is C23H34ClN3. The Bertz CT molecular complexity index is 722. The molecule has 0 aromatic heterocycles. The fourth-order valence-corrected chi connectivity index (χ4v) is 3.69. The number of hydrogen-bond donors (Lipinski definition) is 1. The Morgan fingerprint density at radius 1 is 0.963 bits per heavy atom. The number of hydrogen-bond acceptors (Lipinski definition) is 3. The van der Waals surface area contributed by atoms with E-state index in [4.69, 9.17) is 17.3 Å². The van der Waals surface area contributed by atoms with Crippen molar-refractivity contribution in [3.63, 3.8) is 0 Å². The molecule has 0 bridgehead atoms. The molecule has 3 nitrogen and oxygen atoms in total. The summed E-state index contributed by atoms with van der Waals surface area (Å²) in [6, 6.07) is 17.1. The second kappa shape index (κ2) is 9.70. The maximum atomic E-state index is 6.49. The van der Waals surface area contributed by atoms with Gasteiger partial charge in [-0.1, -0.05) is 74.8 Å². The molecule has 0 amide bonds. The lowest BCUT2D eigenvalue weighted by atomic mass is 9.84. The minimum atomic E-state index is 0.136. The number of likely N-dealkylation sites (N-methyl/N-ethyl adjacent to an activating group) is 1. The first-order chi connectivity index (χ1) is 12.7. The second-order valence-corrected chi connectivity index (χ2v) is 9.07. The third-order valence-electron chi connectivity index (χ3n) is 4.92. The highest BCUT2D eigenvalue weighted by atomic mass is 35.5. The molecule has 0 saturated carbocycles. The Labute approximate surface area is 170 Å². The molecule has 2 rings (SSSR count). The molecule has 0 aliphatic carbocycles. The van der Waals surface area contributed by atoms with E-state index in [0.717, 1.165) is 24.7 Å². The number of nitrogens with two attached hydrogens (primary N) is 1. The standard InChI is InChI=1S/C23H34ClN3/c1-23(2,3)22(17-26(4)5)27(16-20-11-6-7-12-21(20)24)15-19-10-8-9-18(13-19)14-25/h6-13,22H,14-17,25H2,1-5H3/t22-/m1/s1.